The molecule has 0 aliphatic rings. The fraction of sp³-hybridized carbons (Fsp3) is 0.385. The van der Waals surface area contributed by atoms with E-state index >= 15 is 0 Å². The Hall–Kier alpha value is -2.04. The number of aryl methyl sites for hydroxylation is 1. The average molecular weight is 253 g/mol. The van der Waals surface area contributed by atoms with E-state index in [0.29, 0.717) is 11.3 Å². The molecule has 0 heterocycles. The Kier molecular flexibility index (Phi) is 6.49. The first-order valence-electron chi connectivity index (χ1n) is 5.58. The van der Waals surface area contributed by atoms with Gasteiger partial charge in [0, 0.05) is 5.69 Å². The minimum absolute atomic E-state index is 0.109. The van der Waals surface area contributed by atoms with Crippen LogP contribution in [0.2, 0.25) is 0 Å². The van der Waals surface area contributed by atoms with Gasteiger partial charge in [0.2, 0.25) is 0 Å². The fourth-order valence-corrected chi connectivity index (χ4v) is 1.28. The van der Waals surface area contributed by atoms with Crippen molar-refractivity contribution in [1.29, 1.82) is 0 Å². The highest BCUT2D eigenvalue weighted by atomic mass is 16.5. The SMILES string of the molecule is CC.COC(=O)c1cc(C)c(N)cc1C(=O)OC. The Bertz CT molecular complexity index is 400. The predicted molar refractivity (Wildman–Crippen MR) is 69.6 cm³/mol. The van der Waals surface area contributed by atoms with Gasteiger partial charge in [0.25, 0.3) is 0 Å². The van der Waals surface area contributed by atoms with E-state index in [2.05, 4.69) is 9.47 Å². The van der Waals surface area contributed by atoms with Crippen molar-refractivity contribution in [2.24, 2.45) is 0 Å². The van der Waals surface area contributed by atoms with Crippen LogP contribution < -0.4 is 5.73 Å². The van der Waals surface area contributed by atoms with Crippen LogP contribution in [0.1, 0.15) is 40.1 Å². The van der Waals surface area contributed by atoms with Crippen LogP contribution in [0.5, 0.6) is 0 Å². The van der Waals surface area contributed by atoms with Crippen molar-refractivity contribution in [3.63, 3.8) is 0 Å². The van der Waals surface area contributed by atoms with Crippen molar-refractivity contribution < 1.29 is 19.1 Å². The van der Waals surface area contributed by atoms with Gasteiger partial charge < -0.3 is 15.2 Å². The molecular weight excluding hydrogens is 234 g/mol. The van der Waals surface area contributed by atoms with Crippen LogP contribution in [0.4, 0.5) is 5.69 Å². The first-order valence-corrected chi connectivity index (χ1v) is 5.58. The van der Waals surface area contributed by atoms with Gasteiger partial charge in [-0.15, -0.1) is 0 Å². The van der Waals surface area contributed by atoms with Crippen LogP contribution in [0, 0.1) is 6.92 Å². The Morgan fingerprint density at radius 2 is 1.39 bits per heavy atom. The monoisotopic (exact) mass is 253 g/mol. The zero-order valence-corrected chi connectivity index (χ0v) is 11.4. The summed E-state index contributed by atoms with van der Waals surface area (Å²) in [6.07, 6.45) is 0. The minimum atomic E-state index is -0.618. The number of esters is 2. The molecule has 1 aromatic carbocycles. The van der Waals surface area contributed by atoms with E-state index in [9.17, 15) is 9.59 Å². The molecule has 1 aromatic rings. The van der Waals surface area contributed by atoms with Gasteiger partial charge in [0.05, 0.1) is 25.3 Å². The van der Waals surface area contributed by atoms with Crippen LogP contribution in [-0.2, 0) is 9.47 Å². The van der Waals surface area contributed by atoms with Gasteiger partial charge in [0.15, 0.2) is 0 Å². The van der Waals surface area contributed by atoms with E-state index in [1.54, 1.807) is 6.92 Å². The summed E-state index contributed by atoms with van der Waals surface area (Å²) in [5, 5.41) is 0. The first kappa shape index (κ1) is 16.0. The van der Waals surface area contributed by atoms with E-state index in [1.807, 2.05) is 13.8 Å². The van der Waals surface area contributed by atoms with Crippen LogP contribution in [0.25, 0.3) is 0 Å². The van der Waals surface area contributed by atoms with E-state index in [1.165, 1.54) is 26.4 Å². The second kappa shape index (κ2) is 7.32. The Labute approximate surface area is 107 Å². The van der Waals surface area contributed by atoms with Gasteiger partial charge in [-0.1, -0.05) is 13.8 Å². The topological polar surface area (TPSA) is 78.6 Å². The number of ether oxygens (including phenoxy) is 2. The van der Waals surface area contributed by atoms with E-state index in [-0.39, 0.29) is 11.1 Å². The molecule has 0 radical (unpaired) electrons. The largest absolute Gasteiger partial charge is 0.465 e. The van der Waals surface area contributed by atoms with Crippen LogP contribution in [0.15, 0.2) is 12.1 Å². The van der Waals surface area contributed by atoms with Gasteiger partial charge in [-0.25, -0.2) is 9.59 Å². The van der Waals surface area contributed by atoms with Crippen molar-refractivity contribution in [1.82, 2.24) is 0 Å². The summed E-state index contributed by atoms with van der Waals surface area (Å²) in [6, 6.07) is 2.92. The molecule has 0 aromatic heterocycles. The standard InChI is InChI=1S/C11H13NO4.C2H6/c1-6-4-7(10(13)15-2)8(5-9(6)12)11(14)16-3;1-2/h4-5H,12H2,1-3H3;1-2H3. The second-order valence-electron chi connectivity index (χ2n) is 3.24. The number of hydrogen-bond donors (Lipinski definition) is 1. The lowest BCUT2D eigenvalue weighted by atomic mass is 10.0. The Morgan fingerprint density at radius 1 is 1.00 bits per heavy atom. The van der Waals surface area contributed by atoms with Gasteiger partial charge in [-0.05, 0) is 24.6 Å². The maximum Gasteiger partial charge on any atom is 0.338 e. The van der Waals surface area contributed by atoms with Crippen molar-refractivity contribution in [2.75, 3.05) is 20.0 Å². The predicted octanol–water partition coefficient (Wildman–Crippen LogP) is 2.18. The van der Waals surface area contributed by atoms with Gasteiger partial charge >= 0.3 is 11.9 Å². The van der Waals surface area contributed by atoms with Crippen LogP contribution >= 0.6 is 0 Å². The van der Waals surface area contributed by atoms with E-state index in [4.69, 9.17) is 5.73 Å². The van der Waals surface area contributed by atoms with Gasteiger partial charge in [-0.3, -0.25) is 0 Å². The summed E-state index contributed by atoms with van der Waals surface area (Å²) >= 11 is 0. The van der Waals surface area contributed by atoms with Crippen molar-refractivity contribution in [3.8, 4) is 0 Å². The maximum atomic E-state index is 11.4. The summed E-state index contributed by atoms with van der Waals surface area (Å²) in [5.74, 6) is -1.21. The average Bonchev–Trinajstić information content (AvgIpc) is 2.41. The Balaban J connectivity index is 0.00000137. The summed E-state index contributed by atoms with van der Waals surface area (Å²) in [4.78, 5) is 22.9. The number of anilines is 1. The molecule has 5 nitrogen and oxygen atoms in total. The molecule has 0 aliphatic heterocycles. The third-order valence-corrected chi connectivity index (χ3v) is 2.22. The number of rotatable bonds is 2. The van der Waals surface area contributed by atoms with Crippen molar-refractivity contribution in [3.05, 3.63) is 28.8 Å². The molecule has 18 heavy (non-hydrogen) atoms. The highest BCUT2D eigenvalue weighted by molar-refractivity contribution is 6.04. The van der Waals surface area contributed by atoms with Crippen LogP contribution in [0.3, 0.4) is 0 Å². The number of nitrogen functional groups attached to an aromatic ring is 1. The molecule has 0 amide bonds. The van der Waals surface area contributed by atoms with E-state index in [0.717, 1.165) is 0 Å². The minimum Gasteiger partial charge on any atom is -0.465 e. The fourth-order valence-electron chi connectivity index (χ4n) is 1.28. The zero-order valence-electron chi connectivity index (χ0n) is 11.4. The Morgan fingerprint density at radius 3 is 1.78 bits per heavy atom. The summed E-state index contributed by atoms with van der Waals surface area (Å²) in [6.45, 7) is 5.74. The molecule has 0 bridgehead atoms. The van der Waals surface area contributed by atoms with Crippen molar-refractivity contribution >= 4 is 17.6 Å². The molecular formula is C13H19NO4. The molecule has 2 N–H and O–H groups in total. The van der Waals surface area contributed by atoms with Crippen LogP contribution in [-0.4, -0.2) is 26.2 Å². The number of nitrogens with two attached hydrogens (primary N) is 1. The number of benzene rings is 1. The summed E-state index contributed by atoms with van der Waals surface area (Å²) < 4.78 is 9.14. The molecule has 0 fully saturated rings. The molecule has 0 spiro atoms. The number of methoxy groups -OCH3 is 2. The molecule has 0 unspecified atom stereocenters. The highest BCUT2D eigenvalue weighted by Gasteiger charge is 2.19. The zero-order chi connectivity index (χ0) is 14.3. The molecule has 1 rings (SSSR count). The lowest BCUT2D eigenvalue weighted by molar-refractivity contribution is 0.0555. The number of hydrogen-bond acceptors (Lipinski definition) is 5. The van der Waals surface area contributed by atoms with Gasteiger partial charge in [0.1, 0.15) is 0 Å². The summed E-state index contributed by atoms with van der Waals surface area (Å²) in [5.41, 5.74) is 7.05. The quantitative estimate of drug-likeness (QED) is 0.645. The van der Waals surface area contributed by atoms with Crippen molar-refractivity contribution in [2.45, 2.75) is 20.8 Å². The van der Waals surface area contributed by atoms with E-state index < -0.39 is 11.9 Å². The lowest BCUT2D eigenvalue weighted by Gasteiger charge is -2.09. The molecule has 0 saturated carbocycles. The third-order valence-electron chi connectivity index (χ3n) is 2.22. The molecule has 0 aliphatic carbocycles. The summed E-state index contributed by atoms with van der Waals surface area (Å²) in [7, 11) is 2.48. The first-order chi connectivity index (χ1) is 8.51. The normalized spacial score (nSPS) is 8.94. The lowest BCUT2D eigenvalue weighted by Crippen LogP contribution is -2.13. The highest BCUT2D eigenvalue weighted by Crippen LogP contribution is 2.20. The number of carbonyl (C=O) groups is 2. The molecule has 100 valence electrons. The molecule has 0 saturated heterocycles. The smallest absolute Gasteiger partial charge is 0.338 e. The molecule has 5 heteroatoms. The molecule has 0 atom stereocenters. The second-order valence-corrected chi connectivity index (χ2v) is 3.24. The third kappa shape index (κ3) is 3.48. The number of carbonyl (C=O) groups excluding carboxylic acids is 2. The van der Waals surface area contributed by atoms with Gasteiger partial charge in [-0.2, -0.15) is 0 Å². The maximum absolute atomic E-state index is 11.4.